The predicted octanol–water partition coefficient (Wildman–Crippen LogP) is 4.85. The lowest BCUT2D eigenvalue weighted by Gasteiger charge is -2.17. The lowest BCUT2D eigenvalue weighted by Crippen LogP contribution is -2.26. The van der Waals surface area contributed by atoms with Crippen molar-refractivity contribution >= 4 is 16.8 Å². The number of rotatable bonds is 3. The number of benzene rings is 3. The van der Waals surface area contributed by atoms with Gasteiger partial charge in [0.15, 0.2) is 0 Å². The van der Waals surface area contributed by atoms with Crippen molar-refractivity contribution in [2.75, 3.05) is 0 Å². The van der Waals surface area contributed by atoms with E-state index < -0.39 is 0 Å². The molecule has 0 N–H and O–H groups in total. The topological polar surface area (TPSA) is 25.2 Å². The molecule has 3 aromatic carbocycles. The molecule has 0 radical (unpaired) electrons. The Hall–Kier alpha value is -3.33. The molecule has 132 valence electrons. The van der Waals surface area contributed by atoms with Crippen LogP contribution in [0.4, 0.5) is 0 Å². The second-order valence-electron chi connectivity index (χ2n) is 7.04. The summed E-state index contributed by atoms with van der Waals surface area (Å²) in [4.78, 5) is 14.9. The minimum Gasteiger partial charge on any atom is -0.338 e. The highest BCUT2D eigenvalue weighted by molar-refractivity contribution is 5.95. The maximum absolute atomic E-state index is 12.9. The molecule has 0 bridgehead atoms. The number of carbonyl (C=O) groups excluding carboxylic acids is 1. The van der Waals surface area contributed by atoms with Crippen LogP contribution in [0.15, 0.2) is 84.9 Å². The summed E-state index contributed by atoms with van der Waals surface area (Å²) in [7, 11) is 0. The van der Waals surface area contributed by atoms with Gasteiger partial charge in [0.25, 0.3) is 5.91 Å². The van der Waals surface area contributed by atoms with Gasteiger partial charge in [0.2, 0.25) is 0 Å². The maximum atomic E-state index is 12.9. The van der Waals surface area contributed by atoms with Crippen molar-refractivity contribution in [3.05, 3.63) is 107 Å². The van der Waals surface area contributed by atoms with Crippen LogP contribution in [0.1, 0.15) is 27.2 Å². The van der Waals surface area contributed by atoms with Gasteiger partial charge in [0.1, 0.15) is 0 Å². The Labute approximate surface area is 158 Å². The predicted molar refractivity (Wildman–Crippen MR) is 108 cm³/mol. The van der Waals surface area contributed by atoms with Gasteiger partial charge in [-0.2, -0.15) is 0 Å². The second-order valence-corrected chi connectivity index (χ2v) is 7.04. The van der Waals surface area contributed by atoms with Crippen LogP contribution in [0, 0.1) is 0 Å². The van der Waals surface area contributed by atoms with Crippen LogP contribution in [0.25, 0.3) is 10.9 Å². The zero-order valence-corrected chi connectivity index (χ0v) is 15.0. The van der Waals surface area contributed by atoms with Gasteiger partial charge in [-0.25, -0.2) is 0 Å². The Morgan fingerprint density at radius 2 is 1.44 bits per heavy atom. The van der Waals surface area contributed by atoms with Crippen LogP contribution in [0.5, 0.6) is 0 Å². The first-order valence-electron chi connectivity index (χ1n) is 9.28. The van der Waals surface area contributed by atoms with Crippen molar-refractivity contribution < 1.29 is 4.79 Å². The van der Waals surface area contributed by atoms with Crippen molar-refractivity contribution in [2.45, 2.75) is 19.6 Å². The van der Waals surface area contributed by atoms with Crippen molar-refractivity contribution in [1.82, 2.24) is 9.47 Å². The summed E-state index contributed by atoms with van der Waals surface area (Å²) in [5.74, 6) is 0.0992. The fraction of sp³-hybridized carbons (Fsp3) is 0.125. The van der Waals surface area contributed by atoms with Crippen LogP contribution in [0.2, 0.25) is 0 Å². The molecule has 3 nitrogen and oxygen atoms in total. The highest BCUT2D eigenvalue weighted by Crippen LogP contribution is 2.34. The number of nitrogens with zero attached hydrogens (tertiary/aromatic N) is 2. The van der Waals surface area contributed by atoms with E-state index in [-0.39, 0.29) is 5.91 Å². The van der Waals surface area contributed by atoms with E-state index in [1.807, 2.05) is 41.3 Å². The highest BCUT2D eigenvalue weighted by atomic mass is 16.2. The molecular weight excluding hydrogens is 332 g/mol. The number of aromatic nitrogens is 1. The molecule has 1 aromatic heterocycles. The normalized spacial score (nSPS) is 13.1. The third kappa shape index (κ3) is 2.72. The molecule has 0 spiro atoms. The van der Waals surface area contributed by atoms with Crippen LogP contribution in [0.3, 0.4) is 0 Å². The van der Waals surface area contributed by atoms with E-state index in [2.05, 4.69) is 53.1 Å². The second kappa shape index (κ2) is 6.44. The van der Waals surface area contributed by atoms with Gasteiger partial charge in [-0.05, 0) is 23.8 Å². The first-order valence-corrected chi connectivity index (χ1v) is 9.28. The van der Waals surface area contributed by atoms with E-state index in [9.17, 15) is 4.79 Å². The molecule has 2 heterocycles. The molecule has 1 amide bonds. The average molecular weight is 352 g/mol. The van der Waals surface area contributed by atoms with Gasteiger partial charge < -0.3 is 9.47 Å². The van der Waals surface area contributed by atoms with E-state index in [1.54, 1.807) is 0 Å². The van der Waals surface area contributed by atoms with Crippen molar-refractivity contribution in [3.8, 4) is 0 Å². The van der Waals surface area contributed by atoms with E-state index >= 15 is 0 Å². The Morgan fingerprint density at radius 3 is 2.22 bits per heavy atom. The zero-order chi connectivity index (χ0) is 18.2. The number of hydrogen-bond acceptors (Lipinski definition) is 1. The highest BCUT2D eigenvalue weighted by Gasteiger charge is 2.29. The molecular formula is C24H20N2O. The van der Waals surface area contributed by atoms with Gasteiger partial charge in [0.05, 0.1) is 6.54 Å². The van der Waals surface area contributed by atoms with Gasteiger partial charge in [-0.3, -0.25) is 4.79 Å². The molecule has 4 aromatic rings. The number of carbonyl (C=O) groups is 1. The largest absolute Gasteiger partial charge is 0.338 e. The van der Waals surface area contributed by atoms with Crippen LogP contribution in [-0.2, 0) is 19.6 Å². The van der Waals surface area contributed by atoms with Crippen LogP contribution in [-0.4, -0.2) is 15.4 Å². The molecule has 0 unspecified atom stereocenters. The first-order chi connectivity index (χ1) is 13.3. The molecule has 0 saturated carbocycles. The van der Waals surface area contributed by atoms with Crippen LogP contribution >= 0.6 is 0 Å². The number of hydrogen-bond donors (Lipinski definition) is 0. The third-order valence-corrected chi connectivity index (χ3v) is 5.38. The number of para-hydroxylation sites is 1. The Balaban J connectivity index is 1.54. The third-order valence-electron chi connectivity index (χ3n) is 5.38. The van der Waals surface area contributed by atoms with E-state index in [4.69, 9.17) is 0 Å². The number of fused-ring (bicyclic) bond motifs is 3. The average Bonchev–Trinajstić information content (AvgIpc) is 3.28. The fourth-order valence-corrected chi connectivity index (χ4v) is 4.07. The lowest BCUT2D eigenvalue weighted by molar-refractivity contribution is 0.0749. The Bertz CT molecular complexity index is 1110. The Morgan fingerprint density at radius 1 is 0.778 bits per heavy atom. The summed E-state index contributed by atoms with van der Waals surface area (Å²) < 4.78 is 2.37. The van der Waals surface area contributed by atoms with Crippen molar-refractivity contribution in [3.63, 3.8) is 0 Å². The summed E-state index contributed by atoms with van der Waals surface area (Å²) in [6.07, 6.45) is 0. The van der Waals surface area contributed by atoms with E-state index in [0.29, 0.717) is 13.1 Å². The maximum Gasteiger partial charge on any atom is 0.254 e. The van der Waals surface area contributed by atoms with Gasteiger partial charge in [0, 0.05) is 40.8 Å². The van der Waals surface area contributed by atoms with Crippen LogP contribution < -0.4 is 0 Å². The zero-order valence-electron chi connectivity index (χ0n) is 15.0. The molecule has 1 aliphatic rings. The van der Waals surface area contributed by atoms with Gasteiger partial charge in [-0.1, -0.05) is 66.7 Å². The molecule has 5 rings (SSSR count). The smallest absolute Gasteiger partial charge is 0.254 e. The SMILES string of the molecule is O=C(c1ccccc1)N1Cc2c(n(Cc3ccccc3)c3ccccc23)C1. The monoisotopic (exact) mass is 352 g/mol. The molecule has 27 heavy (non-hydrogen) atoms. The molecule has 0 aliphatic carbocycles. The summed E-state index contributed by atoms with van der Waals surface area (Å²) in [5, 5.41) is 1.26. The standard InChI is InChI=1S/C24H20N2O/c27-24(19-11-5-2-6-12-19)25-16-21-20-13-7-8-14-22(20)26(23(21)17-25)15-18-9-3-1-4-10-18/h1-14H,15-17H2. The summed E-state index contributed by atoms with van der Waals surface area (Å²) in [6.45, 7) is 2.15. The van der Waals surface area contributed by atoms with Crippen molar-refractivity contribution in [2.24, 2.45) is 0 Å². The summed E-state index contributed by atoms with van der Waals surface area (Å²) in [5.41, 5.74) is 5.81. The van der Waals surface area contributed by atoms with Gasteiger partial charge in [-0.15, -0.1) is 0 Å². The quantitative estimate of drug-likeness (QED) is 0.518. The van der Waals surface area contributed by atoms with E-state index in [1.165, 1.54) is 27.7 Å². The molecule has 0 atom stereocenters. The first kappa shape index (κ1) is 15.9. The molecule has 0 fully saturated rings. The summed E-state index contributed by atoms with van der Waals surface area (Å²) >= 11 is 0. The minimum absolute atomic E-state index is 0.0992. The fourth-order valence-electron chi connectivity index (χ4n) is 4.07. The van der Waals surface area contributed by atoms with E-state index in [0.717, 1.165) is 12.1 Å². The molecule has 1 aliphatic heterocycles. The van der Waals surface area contributed by atoms with Gasteiger partial charge >= 0.3 is 0 Å². The molecule has 3 heteroatoms. The summed E-state index contributed by atoms with van der Waals surface area (Å²) in [6, 6.07) is 28.6. The minimum atomic E-state index is 0.0992. The lowest BCUT2D eigenvalue weighted by atomic mass is 10.1. The Kier molecular flexibility index (Phi) is 3.79. The molecule has 0 saturated heterocycles. The number of amides is 1. The van der Waals surface area contributed by atoms with Crippen molar-refractivity contribution in [1.29, 1.82) is 0 Å².